The highest BCUT2D eigenvalue weighted by Gasteiger charge is 1.99. The van der Waals surface area contributed by atoms with Crippen LogP contribution in [0.4, 0.5) is 0 Å². The number of hydrogen-bond donors (Lipinski definition) is 1. The van der Waals surface area contributed by atoms with Crippen molar-refractivity contribution in [2.45, 2.75) is 6.92 Å². The van der Waals surface area contributed by atoms with Crippen molar-refractivity contribution in [1.82, 2.24) is 0 Å². The van der Waals surface area contributed by atoms with Crippen LogP contribution in [0.1, 0.15) is 6.92 Å². The molecule has 3 heteroatoms. The largest absolute Gasteiger partial charge is 0.460 e. The number of allylic oxidation sites excluding steroid dienone is 2. The third-order valence-electron chi connectivity index (χ3n) is 0.840. The summed E-state index contributed by atoms with van der Waals surface area (Å²) < 4.78 is 4.46. The van der Waals surface area contributed by atoms with Gasteiger partial charge in [0.05, 0.1) is 6.61 Å². The van der Waals surface area contributed by atoms with Gasteiger partial charge in [-0.1, -0.05) is 31.9 Å². The fourth-order valence-corrected chi connectivity index (χ4v) is 0.262. The van der Waals surface area contributed by atoms with E-state index in [2.05, 4.69) is 24.5 Å². The Kier molecular flexibility index (Phi) is 11.6. The molecule has 0 rings (SSSR count). The molecule has 0 spiro atoms. The molecule has 0 radical (unpaired) electrons. The minimum Gasteiger partial charge on any atom is -0.460 e. The van der Waals surface area contributed by atoms with E-state index in [0.717, 1.165) is 0 Å². The smallest absolute Gasteiger partial charge is 0.333 e. The molecule has 0 aromatic rings. The fourth-order valence-electron chi connectivity index (χ4n) is 0.262. The third kappa shape index (κ3) is 13.6. The predicted molar refractivity (Wildman–Crippen MR) is 53.3 cm³/mol. The zero-order chi connectivity index (χ0) is 10.7. The highest BCUT2D eigenvalue weighted by atomic mass is 16.5. The zero-order valence-corrected chi connectivity index (χ0v) is 7.95. The molecule has 3 nitrogen and oxygen atoms in total. The molecule has 1 N–H and O–H groups in total. The Bertz CT molecular complexity index is 177. The summed E-state index contributed by atoms with van der Waals surface area (Å²) >= 11 is 0. The molecule has 0 aliphatic heterocycles. The van der Waals surface area contributed by atoms with Crippen molar-refractivity contribution in [2.24, 2.45) is 0 Å². The van der Waals surface area contributed by atoms with Gasteiger partial charge in [-0.2, -0.15) is 0 Å². The van der Waals surface area contributed by atoms with Crippen LogP contribution in [0.2, 0.25) is 0 Å². The summed E-state index contributed by atoms with van der Waals surface area (Å²) in [5, 5.41) is 8.19. The first kappa shape index (κ1) is 14.2. The molecule has 0 aromatic heterocycles. The van der Waals surface area contributed by atoms with Gasteiger partial charge < -0.3 is 9.84 Å². The minimum atomic E-state index is -0.455. The summed E-state index contributed by atoms with van der Waals surface area (Å²) in [6.45, 7) is 11.5. The predicted octanol–water partition coefficient (Wildman–Crippen LogP) is 1.46. The third-order valence-corrected chi connectivity index (χ3v) is 0.840. The molecule has 0 aliphatic carbocycles. The van der Waals surface area contributed by atoms with Crippen LogP contribution in [0, 0.1) is 0 Å². The lowest BCUT2D eigenvalue weighted by molar-refractivity contribution is -0.139. The maximum Gasteiger partial charge on any atom is 0.333 e. The van der Waals surface area contributed by atoms with Gasteiger partial charge in [0.15, 0.2) is 0 Å². The highest BCUT2D eigenvalue weighted by molar-refractivity contribution is 5.86. The van der Waals surface area contributed by atoms with Gasteiger partial charge in [-0.25, -0.2) is 4.79 Å². The number of aliphatic hydroxyl groups excluding tert-OH is 1. The first-order chi connectivity index (χ1) is 6.09. The van der Waals surface area contributed by atoms with Gasteiger partial charge >= 0.3 is 5.97 Å². The Morgan fingerprint density at radius 1 is 1.46 bits per heavy atom. The van der Waals surface area contributed by atoms with Gasteiger partial charge in [0, 0.05) is 5.57 Å². The van der Waals surface area contributed by atoms with Crippen LogP contribution in [-0.2, 0) is 9.53 Å². The number of aliphatic hydroxyl groups is 1. The molecule has 0 aromatic carbocycles. The topological polar surface area (TPSA) is 46.5 Å². The number of rotatable bonds is 4. The summed E-state index contributed by atoms with van der Waals surface area (Å²) in [5.74, 6) is -0.455. The Labute approximate surface area is 79.0 Å². The SMILES string of the molecule is C=C(C)C(=O)OCCO.C=CC=C. The number of carbonyl (C=O) groups is 1. The first-order valence-electron chi connectivity index (χ1n) is 3.77. The lowest BCUT2D eigenvalue weighted by atomic mass is 10.4. The Hall–Kier alpha value is -1.35. The van der Waals surface area contributed by atoms with E-state index in [-0.39, 0.29) is 13.2 Å². The maximum absolute atomic E-state index is 10.5. The van der Waals surface area contributed by atoms with Crippen molar-refractivity contribution < 1.29 is 14.6 Å². The zero-order valence-electron chi connectivity index (χ0n) is 7.95. The molecule has 0 saturated heterocycles. The molecule has 0 saturated carbocycles. The second-order valence-corrected chi connectivity index (χ2v) is 2.11. The molecular formula is C10H16O3. The van der Waals surface area contributed by atoms with Gasteiger partial charge in [0.1, 0.15) is 6.61 Å². The van der Waals surface area contributed by atoms with Crippen LogP contribution in [0.15, 0.2) is 37.5 Å². The van der Waals surface area contributed by atoms with Gasteiger partial charge in [-0.3, -0.25) is 0 Å². The van der Waals surface area contributed by atoms with Crippen LogP contribution in [0.5, 0.6) is 0 Å². The van der Waals surface area contributed by atoms with Gasteiger partial charge in [-0.05, 0) is 6.92 Å². The van der Waals surface area contributed by atoms with E-state index >= 15 is 0 Å². The van der Waals surface area contributed by atoms with E-state index in [1.807, 2.05) is 0 Å². The lowest BCUT2D eigenvalue weighted by Gasteiger charge is -1.99. The van der Waals surface area contributed by atoms with Crippen molar-refractivity contribution in [1.29, 1.82) is 0 Å². The van der Waals surface area contributed by atoms with Crippen molar-refractivity contribution >= 4 is 5.97 Å². The molecule has 0 heterocycles. The lowest BCUT2D eigenvalue weighted by Crippen LogP contribution is -2.08. The normalized spacial score (nSPS) is 7.54. The van der Waals surface area contributed by atoms with Crippen LogP contribution in [-0.4, -0.2) is 24.3 Å². The number of hydrogen-bond acceptors (Lipinski definition) is 3. The maximum atomic E-state index is 10.5. The standard InChI is InChI=1S/C6H10O3.C4H6/c1-5(2)6(8)9-4-3-7;1-3-4-2/h7H,1,3-4H2,2H3;3-4H,1-2H2. The van der Waals surface area contributed by atoms with Crippen molar-refractivity contribution in [2.75, 3.05) is 13.2 Å². The molecule has 0 aliphatic rings. The molecule has 13 heavy (non-hydrogen) atoms. The van der Waals surface area contributed by atoms with E-state index in [4.69, 9.17) is 5.11 Å². The molecular weight excluding hydrogens is 168 g/mol. The molecule has 0 bridgehead atoms. The van der Waals surface area contributed by atoms with Crippen LogP contribution in [0.3, 0.4) is 0 Å². The second kappa shape index (κ2) is 10.7. The first-order valence-corrected chi connectivity index (χ1v) is 3.77. The molecule has 0 amide bonds. The van der Waals surface area contributed by atoms with Crippen molar-refractivity contribution in [3.8, 4) is 0 Å². The minimum absolute atomic E-state index is 0.0473. The summed E-state index contributed by atoms with van der Waals surface area (Å²) in [4.78, 5) is 10.5. The van der Waals surface area contributed by atoms with E-state index in [9.17, 15) is 4.79 Å². The quantitative estimate of drug-likeness (QED) is 0.408. The molecule has 74 valence electrons. The molecule has 0 unspecified atom stereocenters. The number of ether oxygens (including phenoxy) is 1. The molecule has 0 fully saturated rings. The monoisotopic (exact) mass is 184 g/mol. The highest BCUT2D eigenvalue weighted by Crippen LogP contribution is 1.89. The average molecular weight is 184 g/mol. The summed E-state index contributed by atoms with van der Waals surface area (Å²) in [6.07, 6.45) is 3.28. The van der Waals surface area contributed by atoms with E-state index < -0.39 is 5.97 Å². The number of esters is 1. The average Bonchev–Trinajstić information content (AvgIpc) is 2.14. The van der Waals surface area contributed by atoms with Gasteiger partial charge in [-0.15, -0.1) is 0 Å². The van der Waals surface area contributed by atoms with Crippen molar-refractivity contribution in [3.05, 3.63) is 37.5 Å². The Balaban J connectivity index is 0. The van der Waals surface area contributed by atoms with E-state index in [1.54, 1.807) is 19.1 Å². The van der Waals surface area contributed by atoms with E-state index in [1.165, 1.54) is 0 Å². The summed E-state index contributed by atoms with van der Waals surface area (Å²) in [6, 6.07) is 0. The second-order valence-electron chi connectivity index (χ2n) is 2.11. The number of carbonyl (C=O) groups excluding carboxylic acids is 1. The van der Waals surface area contributed by atoms with E-state index in [0.29, 0.717) is 5.57 Å². The Morgan fingerprint density at radius 3 is 2.15 bits per heavy atom. The van der Waals surface area contributed by atoms with Gasteiger partial charge in [0.25, 0.3) is 0 Å². The summed E-state index contributed by atoms with van der Waals surface area (Å²) in [7, 11) is 0. The van der Waals surface area contributed by atoms with Crippen LogP contribution < -0.4 is 0 Å². The fraction of sp³-hybridized carbons (Fsp3) is 0.300. The molecule has 0 atom stereocenters. The van der Waals surface area contributed by atoms with Crippen molar-refractivity contribution in [3.63, 3.8) is 0 Å². The van der Waals surface area contributed by atoms with Gasteiger partial charge in [0.2, 0.25) is 0 Å². The Morgan fingerprint density at radius 2 is 1.92 bits per heavy atom. The van der Waals surface area contributed by atoms with Crippen LogP contribution in [0.25, 0.3) is 0 Å². The summed E-state index contributed by atoms with van der Waals surface area (Å²) in [5.41, 5.74) is 0.350. The van der Waals surface area contributed by atoms with Crippen LogP contribution >= 0.6 is 0 Å².